The van der Waals surface area contributed by atoms with Crippen molar-refractivity contribution in [3.05, 3.63) is 74.9 Å². The van der Waals surface area contributed by atoms with Crippen LogP contribution in [-0.4, -0.2) is 5.91 Å². The van der Waals surface area contributed by atoms with Crippen LogP contribution in [0.2, 0.25) is 0 Å². The van der Waals surface area contributed by atoms with E-state index in [-0.39, 0.29) is 17.5 Å². The second-order valence-corrected chi connectivity index (χ2v) is 8.06. The van der Waals surface area contributed by atoms with E-state index in [1.807, 2.05) is 38.1 Å². The fraction of sp³-hybridized carbons (Fsp3) is 0.304. The molecule has 0 spiro atoms. The van der Waals surface area contributed by atoms with Gasteiger partial charge in [0.05, 0.1) is 6.04 Å². The first-order chi connectivity index (χ1) is 13.5. The predicted molar refractivity (Wildman–Crippen MR) is 116 cm³/mol. The molecule has 4 nitrogen and oxygen atoms in total. The molecule has 1 unspecified atom stereocenters. The largest absolute Gasteiger partial charge is 0.360 e. The number of aryl methyl sites for hydroxylation is 3. The van der Waals surface area contributed by atoms with Gasteiger partial charge in [-0.25, -0.2) is 0 Å². The Bertz CT molecular complexity index is 959. The zero-order chi connectivity index (χ0) is 20.1. The zero-order valence-corrected chi connectivity index (χ0v) is 17.8. The molecule has 3 rings (SSSR count). The Labute approximate surface area is 174 Å². The van der Waals surface area contributed by atoms with E-state index in [1.54, 1.807) is 0 Å². The molecule has 5 heteroatoms. The molecule has 28 heavy (non-hydrogen) atoms. The van der Waals surface area contributed by atoms with E-state index in [0.717, 1.165) is 34.1 Å². The van der Waals surface area contributed by atoms with Crippen molar-refractivity contribution < 1.29 is 4.79 Å². The van der Waals surface area contributed by atoms with Crippen molar-refractivity contribution in [2.45, 2.75) is 45.6 Å². The van der Waals surface area contributed by atoms with Gasteiger partial charge >= 0.3 is 0 Å². The minimum atomic E-state index is -0.381. The number of fused-ring (bicyclic) bond motifs is 1. The quantitative estimate of drug-likeness (QED) is 0.490. The van der Waals surface area contributed by atoms with Gasteiger partial charge in [-0.1, -0.05) is 34.1 Å². The van der Waals surface area contributed by atoms with Crippen molar-refractivity contribution in [3.63, 3.8) is 0 Å². The smallest absolute Gasteiger partial charge is 0.263 e. The number of benzene rings is 2. The first kappa shape index (κ1) is 20.2. The molecule has 2 aromatic carbocycles. The molecule has 0 saturated carbocycles. The lowest BCUT2D eigenvalue weighted by atomic mass is 9.89. The third-order valence-corrected chi connectivity index (χ3v) is 6.02. The highest BCUT2D eigenvalue weighted by molar-refractivity contribution is 9.10. The topological polar surface area (TPSA) is 64.9 Å². The Balaban J connectivity index is 1.67. The predicted octanol–water partition coefficient (Wildman–Crippen LogP) is 5.33. The summed E-state index contributed by atoms with van der Waals surface area (Å²) in [6, 6.07) is 14.0. The summed E-state index contributed by atoms with van der Waals surface area (Å²) < 4.78 is 1.01. The van der Waals surface area contributed by atoms with Crippen LogP contribution >= 0.6 is 15.9 Å². The monoisotopic (exact) mass is 437 g/mol. The van der Waals surface area contributed by atoms with E-state index in [0.29, 0.717) is 0 Å². The first-order valence-electron chi connectivity index (χ1n) is 9.53. The van der Waals surface area contributed by atoms with Gasteiger partial charge in [0.1, 0.15) is 11.6 Å². The molecule has 0 heterocycles. The Morgan fingerprint density at radius 1 is 1.18 bits per heavy atom. The van der Waals surface area contributed by atoms with Crippen molar-refractivity contribution >= 4 is 27.5 Å². The van der Waals surface area contributed by atoms with E-state index in [1.165, 1.54) is 30.2 Å². The van der Waals surface area contributed by atoms with Crippen LogP contribution in [0.1, 0.15) is 48.1 Å². The summed E-state index contributed by atoms with van der Waals surface area (Å²) in [5.41, 5.74) is 5.81. The SMILES string of the molecule is Cc1cc(N/C=C(/C#N)C(=O)NC(C)c2ccc3c(c2)CCCC3)ccc1Br. The van der Waals surface area contributed by atoms with E-state index in [9.17, 15) is 10.1 Å². The van der Waals surface area contributed by atoms with Crippen LogP contribution in [-0.2, 0) is 17.6 Å². The van der Waals surface area contributed by atoms with Gasteiger partial charge in [-0.3, -0.25) is 4.79 Å². The Morgan fingerprint density at radius 3 is 2.64 bits per heavy atom. The molecule has 0 aliphatic heterocycles. The average molecular weight is 438 g/mol. The van der Waals surface area contributed by atoms with E-state index < -0.39 is 0 Å². The zero-order valence-electron chi connectivity index (χ0n) is 16.2. The number of nitriles is 1. The standard InChI is InChI=1S/C23H24BrN3O/c1-15-11-21(9-10-22(15)24)26-14-20(13-25)23(28)27-16(2)18-8-7-17-5-3-4-6-19(17)12-18/h7-12,14,16,26H,3-6H2,1-2H3,(H,27,28)/b20-14-. The van der Waals surface area contributed by atoms with Crippen molar-refractivity contribution in [1.82, 2.24) is 5.32 Å². The molecule has 0 radical (unpaired) electrons. The average Bonchev–Trinajstić information content (AvgIpc) is 2.70. The summed E-state index contributed by atoms with van der Waals surface area (Å²) >= 11 is 3.46. The molecule has 1 aliphatic carbocycles. The van der Waals surface area contributed by atoms with Gasteiger partial charge in [0.15, 0.2) is 0 Å². The molecule has 2 aromatic rings. The Morgan fingerprint density at radius 2 is 1.93 bits per heavy atom. The molecule has 0 saturated heterocycles. The van der Waals surface area contributed by atoms with Gasteiger partial charge in [0.2, 0.25) is 0 Å². The summed E-state index contributed by atoms with van der Waals surface area (Å²) in [6.45, 7) is 3.93. The molecule has 0 fully saturated rings. The molecule has 144 valence electrons. The van der Waals surface area contributed by atoms with Crippen LogP contribution < -0.4 is 10.6 Å². The lowest BCUT2D eigenvalue weighted by Gasteiger charge is -2.20. The third kappa shape index (κ3) is 4.82. The van der Waals surface area contributed by atoms with Crippen molar-refractivity contribution in [3.8, 4) is 6.07 Å². The normalized spacial score (nSPS) is 14.6. The molecule has 1 atom stereocenters. The van der Waals surface area contributed by atoms with E-state index >= 15 is 0 Å². The Kier molecular flexibility index (Phi) is 6.53. The maximum absolute atomic E-state index is 12.5. The third-order valence-electron chi connectivity index (χ3n) is 5.13. The summed E-state index contributed by atoms with van der Waals surface area (Å²) in [5, 5.41) is 15.4. The second-order valence-electron chi connectivity index (χ2n) is 7.21. The van der Waals surface area contributed by atoms with Crippen molar-refractivity contribution in [2.24, 2.45) is 0 Å². The second kappa shape index (κ2) is 9.07. The van der Waals surface area contributed by atoms with Crippen LogP contribution in [0, 0.1) is 18.3 Å². The minimum absolute atomic E-state index is 0.0466. The maximum atomic E-state index is 12.5. The highest BCUT2D eigenvalue weighted by Gasteiger charge is 2.16. The van der Waals surface area contributed by atoms with Crippen LogP contribution in [0.25, 0.3) is 0 Å². The van der Waals surface area contributed by atoms with E-state index in [2.05, 4.69) is 44.8 Å². The van der Waals surface area contributed by atoms with Gasteiger partial charge in [-0.2, -0.15) is 5.26 Å². The fourth-order valence-corrected chi connectivity index (χ4v) is 3.67. The summed E-state index contributed by atoms with van der Waals surface area (Å²) in [6.07, 6.45) is 6.17. The summed E-state index contributed by atoms with van der Waals surface area (Å²) in [7, 11) is 0. The number of amides is 1. The highest BCUT2D eigenvalue weighted by Crippen LogP contribution is 2.25. The van der Waals surface area contributed by atoms with Gasteiger partial charge in [0.25, 0.3) is 5.91 Å². The van der Waals surface area contributed by atoms with Crippen molar-refractivity contribution in [2.75, 3.05) is 5.32 Å². The van der Waals surface area contributed by atoms with Crippen LogP contribution in [0.15, 0.2) is 52.6 Å². The molecular formula is C23H24BrN3O. The van der Waals surface area contributed by atoms with Crippen LogP contribution in [0.4, 0.5) is 5.69 Å². The number of hydrogen-bond donors (Lipinski definition) is 2. The van der Waals surface area contributed by atoms with Crippen LogP contribution in [0.5, 0.6) is 0 Å². The lowest BCUT2D eigenvalue weighted by molar-refractivity contribution is -0.117. The highest BCUT2D eigenvalue weighted by atomic mass is 79.9. The number of carbonyl (C=O) groups is 1. The molecular weight excluding hydrogens is 414 g/mol. The minimum Gasteiger partial charge on any atom is -0.360 e. The number of hydrogen-bond acceptors (Lipinski definition) is 3. The number of nitrogens with zero attached hydrogens (tertiary/aromatic N) is 1. The molecule has 1 amide bonds. The molecule has 0 bridgehead atoms. The van der Waals surface area contributed by atoms with E-state index in [4.69, 9.17) is 0 Å². The molecule has 1 aliphatic rings. The number of carbonyl (C=O) groups excluding carboxylic acids is 1. The number of nitrogens with one attached hydrogen (secondary N) is 2. The summed E-state index contributed by atoms with van der Waals surface area (Å²) in [5.74, 6) is -0.381. The number of rotatable bonds is 5. The van der Waals surface area contributed by atoms with Crippen molar-refractivity contribution in [1.29, 1.82) is 5.26 Å². The molecule has 2 N–H and O–H groups in total. The maximum Gasteiger partial charge on any atom is 0.263 e. The van der Waals surface area contributed by atoms with Crippen LogP contribution in [0.3, 0.4) is 0 Å². The van der Waals surface area contributed by atoms with Gasteiger partial charge in [-0.05, 0) is 80.0 Å². The lowest BCUT2D eigenvalue weighted by Crippen LogP contribution is -2.28. The number of anilines is 1. The van der Waals surface area contributed by atoms with Gasteiger partial charge in [-0.15, -0.1) is 0 Å². The summed E-state index contributed by atoms with van der Waals surface area (Å²) in [4.78, 5) is 12.5. The fourth-order valence-electron chi connectivity index (χ4n) is 3.42. The van der Waals surface area contributed by atoms with Gasteiger partial charge < -0.3 is 10.6 Å². The Hall–Kier alpha value is -2.58. The molecule has 0 aromatic heterocycles. The number of halogens is 1. The van der Waals surface area contributed by atoms with Gasteiger partial charge in [0, 0.05) is 16.4 Å². The first-order valence-corrected chi connectivity index (χ1v) is 10.3.